The summed E-state index contributed by atoms with van der Waals surface area (Å²) in [7, 11) is 1.65. The highest BCUT2D eigenvalue weighted by atomic mass is 16.5. The van der Waals surface area contributed by atoms with Crippen LogP contribution in [-0.4, -0.2) is 13.4 Å². The van der Waals surface area contributed by atoms with E-state index in [1.807, 2.05) is 55.5 Å². The Labute approximate surface area is 114 Å². The Hall–Kier alpha value is -2.09. The first-order chi connectivity index (χ1) is 9.24. The van der Waals surface area contributed by atoms with E-state index in [1.54, 1.807) is 7.11 Å². The zero-order valence-electron chi connectivity index (χ0n) is 11.3. The Morgan fingerprint density at radius 1 is 1.16 bits per heavy atom. The number of aryl methyl sites for hydroxylation is 1. The number of aldehydes is 1. The second-order valence-corrected chi connectivity index (χ2v) is 4.65. The van der Waals surface area contributed by atoms with Gasteiger partial charge >= 0.3 is 0 Å². The third-order valence-electron chi connectivity index (χ3n) is 3.34. The third-order valence-corrected chi connectivity index (χ3v) is 3.34. The van der Waals surface area contributed by atoms with Crippen molar-refractivity contribution in [1.82, 2.24) is 0 Å². The minimum Gasteiger partial charge on any atom is -0.497 e. The fraction of sp³-hybridized carbons (Fsp3) is 0.235. The molecule has 0 aliphatic rings. The van der Waals surface area contributed by atoms with E-state index in [1.165, 1.54) is 0 Å². The van der Waals surface area contributed by atoms with Gasteiger partial charge in [-0.2, -0.15) is 0 Å². The first-order valence-electron chi connectivity index (χ1n) is 6.38. The second-order valence-electron chi connectivity index (χ2n) is 4.65. The van der Waals surface area contributed by atoms with Gasteiger partial charge < -0.3 is 9.53 Å². The molecule has 2 aromatic carbocycles. The summed E-state index contributed by atoms with van der Waals surface area (Å²) >= 11 is 0. The molecule has 0 N–H and O–H groups in total. The van der Waals surface area contributed by atoms with Crippen LogP contribution >= 0.6 is 0 Å². The quantitative estimate of drug-likeness (QED) is 0.763. The Balaban J connectivity index is 2.24. The maximum absolute atomic E-state index is 11.4. The zero-order valence-corrected chi connectivity index (χ0v) is 11.3. The van der Waals surface area contributed by atoms with Crippen LogP contribution in [0, 0.1) is 6.92 Å². The van der Waals surface area contributed by atoms with Crippen molar-refractivity contribution in [3.63, 3.8) is 0 Å². The van der Waals surface area contributed by atoms with Crippen LogP contribution < -0.4 is 4.74 Å². The van der Waals surface area contributed by atoms with Crippen LogP contribution in [0.2, 0.25) is 0 Å². The first-order valence-corrected chi connectivity index (χ1v) is 6.38. The lowest BCUT2D eigenvalue weighted by atomic mass is 9.90. The lowest BCUT2D eigenvalue weighted by molar-refractivity contribution is -0.109. The summed E-state index contributed by atoms with van der Waals surface area (Å²) < 4.78 is 5.21. The smallest absolute Gasteiger partial charge is 0.127 e. The summed E-state index contributed by atoms with van der Waals surface area (Å²) in [6.07, 6.45) is 1.73. The summed E-state index contributed by atoms with van der Waals surface area (Å²) in [5.41, 5.74) is 3.36. The summed E-state index contributed by atoms with van der Waals surface area (Å²) in [6.45, 7) is 2.04. The van der Waals surface area contributed by atoms with Gasteiger partial charge in [0.15, 0.2) is 0 Å². The highest BCUT2D eigenvalue weighted by molar-refractivity contribution is 5.64. The van der Waals surface area contributed by atoms with Crippen molar-refractivity contribution in [3.8, 4) is 5.75 Å². The maximum atomic E-state index is 11.4. The van der Waals surface area contributed by atoms with E-state index in [2.05, 4.69) is 0 Å². The summed E-state index contributed by atoms with van der Waals surface area (Å²) in [4.78, 5) is 11.4. The number of methoxy groups -OCH3 is 1. The van der Waals surface area contributed by atoms with Gasteiger partial charge in [-0.3, -0.25) is 0 Å². The molecule has 0 fully saturated rings. The summed E-state index contributed by atoms with van der Waals surface area (Å²) in [6, 6.07) is 15.9. The molecular weight excluding hydrogens is 236 g/mol. The molecule has 0 bridgehead atoms. The van der Waals surface area contributed by atoms with Gasteiger partial charge in [0, 0.05) is 5.92 Å². The van der Waals surface area contributed by atoms with Crippen LogP contribution in [0.25, 0.3) is 0 Å². The van der Waals surface area contributed by atoms with Crippen molar-refractivity contribution in [2.24, 2.45) is 0 Å². The van der Waals surface area contributed by atoms with Crippen LogP contribution in [0.4, 0.5) is 0 Å². The molecule has 0 heterocycles. The highest BCUT2D eigenvalue weighted by Gasteiger charge is 2.13. The van der Waals surface area contributed by atoms with E-state index in [9.17, 15) is 4.79 Å². The number of carbonyl (C=O) groups is 1. The van der Waals surface area contributed by atoms with Crippen LogP contribution in [0.3, 0.4) is 0 Å². The van der Waals surface area contributed by atoms with Crippen LogP contribution in [0.1, 0.15) is 22.6 Å². The summed E-state index contributed by atoms with van der Waals surface area (Å²) in [5.74, 6) is 0.722. The predicted molar refractivity (Wildman–Crippen MR) is 76.7 cm³/mol. The van der Waals surface area contributed by atoms with Crippen LogP contribution in [0.5, 0.6) is 5.75 Å². The monoisotopic (exact) mass is 254 g/mol. The van der Waals surface area contributed by atoms with Crippen molar-refractivity contribution < 1.29 is 9.53 Å². The molecule has 0 spiro atoms. The molecule has 2 aromatic rings. The van der Waals surface area contributed by atoms with E-state index in [0.29, 0.717) is 6.42 Å². The lowest BCUT2D eigenvalue weighted by Gasteiger charge is -2.14. The van der Waals surface area contributed by atoms with Gasteiger partial charge in [-0.05, 0) is 42.2 Å². The minimum atomic E-state index is -0.103. The van der Waals surface area contributed by atoms with Gasteiger partial charge in [0.1, 0.15) is 12.0 Å². The largest absolute Gasteiger partial charge is 0.497 e. The van der Waals surface area contributed by atoms with E-state index >= 15 is 0 Å². The molecule has 1 atom stereocenters. The second kappa shape index (κ2) is 6.19. The first kappa shape index (κ1) is 13.3. The van der Waals surface area contributed by atoms with Crippen molar-refractivity contribution >= 4 is 6.29 Å². The molecule has 0 saturated carbocycles. The molecule has 2 heteroatoms. The Morgan fingerprint density at radius 2 is 1.95 bits per heavy atom. The van der Waals surface area contributed by atoms with Crippen molar-refractivity contribution in [2.75, 3.05) is 7.11 Å². The molecule has 0 saturated heterocycles. The van der Waals surface area contributed by atoms with Gasteiger partial charge in [0.25, 0.3) is 0 Å². The molecule has 0 aliphatic carbocycles. The molecule has 2 rings (SSSR count). The Morgan fingerprint density at radius 3 is 2.63 bits per heavy atom. The number of rotatable bonds is 5. The van der Waals surface area contributed by atoms with Crippen LogP contribution in [0.15, 0.2) is 48.5 Å². The zero-order chi connectivity index (χ0) is 13.7. The van der Waals surface area contributed by atoms with E-state index in [-0.39, 0.29) is 5.92 Å². The van der Waals surface area contributed by atoms with E-state index in [4.69, 9.17) is 4.74 Å². The number of carbonyl (C=O) groups excluding carboxylic acids is 1. The van der Waals surface area contributed by atoms with Gasteiger partial charge in [-0.1, -0.05) is 36.4 Å². The van der Waals surface area contributed by atoms with Gasteiger partial charge in [0.05, 0.1) is 7.11 Å². The van der Waals surface area contributed by atoms with E-state index < -0.39 is 0 Å². The highest BCUT2D eigenvalue weighted by Crippen LogP contribution is 2.23. The van der Waals surface area contributed by atoms with Gasteiger partial charge in [-0.15, -0.1) is 0 Å². The van der Waals surface area contributed by atoms with Crippen LogP contribution in [-0.2, 0) is 11.2 Å². The topological polar surface area (TPSA) is 26.3 Å². The van der Waals surface area contributed by atoms with Crippen molar-refractivity contribution in [2.45, 2.75) is 19.3 Å². The molecule has 19 heavy (non-hydrogen) atoms. The molecule has 0 amide bonds. The van der Waals surface area contributed by atoms with Gasteiger partial charge in [-0.25, -0.2) is 0 Å². The molecule has 2 nitrogen and oxygen atoms in total. The molecule has 0 aliphatic heterocycles. The van der Waals surface area contributed by atoms with Crippen molar-refractivity contribution in [3.05, 3.63) is 65.2 Å². The SMILES string of the molecule is COc1cccc(CC(C=O)c2ccccc2C)c1. The molecule has 0 aromatic heterocycles. The Bertz CT molecular complexity index is 561. The lowest BCUT2D eigenvalue weighted by Crippen LogP contribution is -2.06. The minimum absolute atomic E-state index is 0.103. The number of hydrogen-bond acceptors (Lipinski definition) is 2. The molecule has 0 radical (unpaired) electrons. The fourth-order valence-electron chi connectivity index (χ4n) is 2.29. The van der Waals surface area contributed by atoms with E-state index in [0.717, 1.165) is 28.7 Å². The number of hydrogen-bond donors (Lipinski definition) is 0. The number of benzene rings is 2. The molecular formula is C17H18O2. The molecule has 98 valence electrons. The standard InChI is InChI=1S/C17H18O2/c1-13-6-3-4-9-17(13)15(12-18)10-14-7-5-8-16(11-14)19-2/h3-9,11-12,15H,10H2,1-2H3. The summed E-state index contributed by atoms with van der Waals surface area (Å²) in [5, 5.41) is 0. The average Bonchev–Trinajstić information content (AvgIpc) is 2.46. The average molecular weight is 254 g/mol. The normalized spacial score (nSPS) is 11.9. The predicted octanol–water partition coefficient (Wildman–Crippen LogP) is 3.53. The van der Waals surface area contributed by atoms with Crippen molar-refractivity contribution in [1.29, 1.82) is 0 Å². The molecule has 1 unspecified atom stereocenters. The fourth-order valence-corrected chi connectivity index (χ4v) is 2.29. The maximum Gasteiger partial charge on any atom is 0.127 e. The Kier molecular flexibility index (Phi) is 4.35. The third kappa shape index (κ3) is 3.22. The van der Waals surface area contributed by atoms with Gasteiger partial charge in [0.2, 0.25) is 0 Å². The number of ether oxygens (including phenoxy) is 1.